The van der Waals surface area contributed by atoms with Crippen LogP contribution in [0, 0.1) is 11.8 Å². The molecule has 4 heteroatoms. The summed E-state index contributed by atoms with van der Waals surface area (Å²) in [6.45, 7) is 11.6. The molecule has 1 unspecified atom stereocenters. The van der Waals surface area contributed by atoms with Crippen LogP contribution in [-0.2, 0) is 19.1 Å². The Balaban J connectivity index is 4.66. The lowest BCUT2D eigenvalue weighted by molar-refractivity contribution is -0.162. The first kappa shape index (κ1) is 15.7. The molecular weight excluding hydrogens is 220 g/mol. The minimum Gasteiger partial charge on any atom is -0.465 e. The van der Waals surface area contributed by atoms with Crippen LogP contribution in [0.15, 0.2) is 12.2 Å². The van der Waals surface area contributed by atoms with Crippen molar-refractivity contribution in [1.29, 1.82) is 0 Å². The van der Waals surface area contributed by atoms with Gasteiger partial charge in [0.2, 0.25) is 0 Å². The van der Waals surface area contributed by atoms with E-state index in [0.717, 1.165) is 5.57 Å². The van der Waals surface area contributed by atoms with Gasteiger partial charge in [-0.25, -0.2) is 0 Å². The molecular formula is C13H22O4. The van der Waals surface area contributed by atoms with Gasteiger partial charge in [-0.3, -0.25) is 9.59 Å². The van der Waals surface area contributed by atoms with Crippen molar-refractivity contribution >= 4 is 11.9 Å². The third kappa shape index (κ3) is 5.52. The van der Waals surface area contributed by atoms with Crippen molar-refractivity contribution in [2.75, 3.05) is 13.2 Å². The lowest BCUT2D eigenvalue weighted by atomic mass is 9.91. The molecule has 0 saturated heterocycles. The summed E-state index contributed by atoms with van der Waals surface area (Å²) >= 11 is 0. The van der Waals surface area contributed by atoms with Crippen molar-refractivity contribution < 1.29 is 19.1 Å². The third-order valence-electron chi connectivity index (χ3n) is 2.57. The van der Waals surface area contributed by atoms with E-state index in [9.17, 15) is 9.59 Å². The van der Waals surface area contributed by atoms with Crippen LogP contribution in [0.5, 0.6) is 0 Å². The summed E-state index contributed by atoms with van der Waals surface area (Å²) in [7, 11) is 0. The highest BCUT2D eigenvalue weighted by Gasteiger charge is 2.31. The van der Waals surface area contributed by atoms with Gasteiger partial charge in [0, 0.05) is 0 Å². The van der Waals surface area contributed by atoms with Gasteiger partial charge in [0.25, 0.3) is 0 Å². The number of carbonyl (C=O) groups is 2. The first-order chi connectivity index (χ1) is 7.93. The molecule has 17 heavy (non-hydrogen) atoms. The summed E-state index contributed by atoms with van der Waals surface area (Å²) in [5.74, 6) is -1.80. The van der Waals surface area contributed by atoms with E-state index in [4.69, 9.17) is 9.47 Å². The van der Waals surface area contributed by atoms with Gasteiger partial charge >= 0.3 is 11.9 Å². The Hall–Kier alpha value is -1.32. The van der Waals surface area contributed by atoms with Crippen LogP contribution in [0.3, 0.4) is 0 Å². The fraction of sp³-hybridized carbons (Fsp3) is 0.692. The Kier molecular flexibility index (Phi) is 7.26. The van der Waals surface area contributed by atoms with E-state index in [1.807, 2.05) is 13.8 Å². The van der Waals surface area contributed by atoms with Crippen LogP contribution in [-0.4, -0.2) is 25.2 Å². The fourth-order valence-electron chi connectivity index (χ4n) is 1.33. The third-order valence-corrected chi connectivity index (χ3v) is 2.57. The molecule has 0 fully saturated rings. The van der Waals surface area contributed by atoms with Crippen LogP contribution in [0.2, 0.25) is 0 Å². The molecule has 0 heterocycles. The normalized spacial score (nSPS) is 12.1. The zero-order valence-electron chi connectivity index (χ0n) is 11.1. The van der Waals surface area contributed by atoms with E-state index >= 15 is 0 Å². The zero-order valence-corrected chi connectivity index (χ0v) is 11.1. The molecule has 0 rings (SSSR count). The molecule has 0 radical (unpaired) electrons. The number of rotatable bonds is 7. The number of hydrogen-bond donors (Lipinski definition) is 0. The lowest BCUT2D eigenvalue weighted by Gasteiger charge is -2.18. The minimum absolute atomic E-state index is 0.0776. The summed E-state index contributed by atoms with van der Waals surface area (Å²) in [4.78, 5) is 23.3. The van der Waals surface area contributed by atoms with Gasteiger partial charge < -0.3 is 9.47 Å². The van der Waals surface area contributed by atoms with Crippen LogP contribution in [0.4, 0.5) is 0 Å². The highest BCUT2D eigenvalue weighted by atomic mass is 16.6. The van der Waals surface area contributed by atoms with Crippen molar-refractivity contribution in [3.05, 3.63) is 12.2 Å². The average molecular weight is 242 g/mol. The SMILES string of the molecule is C=C(C)C(C)CC(C(=O)OCC)C(=O)OCC. The highest BCUT2D eigenvalue weighted by Crippen LogP contribution is 2.20. The van der Waals surface area contributed by atoms with Crippen molar-refractivity contribution in [2.24, 2.45) is 11.8 Å². The summed E-state index contributed by atoms with van der Waals surface area (Å²) in [6.07, 6.45) is 0.382. The summed E-state index contributed by atoms with van der Waals surface area (Å²) in [5, 5.41) is 0. The topological polar surface area (TPSA) is 52.6 Å². The molecule has 0 aromatic heterocycles. The highest BCUT2D eigenvalue weighted by molar-refractivity contribution is 5.94. The second kappa shape index (κ2) is 7.87. The molecule has 98 valence electrons. The Morgan fingerprint density at radius 3 is 1.82 bits per heavy atom. The standard InChI is InChI=1S/C13H22O4/c1-6-16-12(14)11(13(15)17-7-2)8-10(5)9(3)4/h10-11H,3,6-8H2,1-2,4-5H3. The molecule has 4 nitrogen and oxygen atoms in total. The van der Waals surface area contributed by atoms with Crippen LogP contribution >= 0.6 is 0 Å². The van der Waals surface area contributed by atoms with E-state index in [1.165, 1.54) is 0 Å². The molecule has 1 atom stereocenters. The lowest BCUT2D eigenvalue weighted by Crippen LogP contribution is -2.29. The molecule has 0 bridgehead atoms. The predicted molar refractivity (Wildman–Crippen MR) is 65.4 cm³/mol. The van der Waals surface area contributed by atoms with Crippen molar-refractivity contribution in [3.63, 3.8) is 0 Å². The number of esters is 2. The quantitative estimate of drug-likeness (QED) is 0.390. The number of ether oxygens (including phenoxy) is 2. The van der Waals surface area contributed by atoms with Gasteiger partial charge in [-0.15, -0.1) is 0 Å². The molecule has 0 aromatic rings. The maximum atomic E-state index is 11.7. The van der Waals surface area contributed by atoms with Gasteiger partial charge in [-0.1, -0.05) is 19.1 Å². The average Bonchev–Trinajstić information content (AvgIpc) is 2.25. The molecule has 0 aromatic carbocycles. The number of allylic oxidation sites excluding steroid dienone is 1. The predicted octanol–water partition coefficient (Wildman–Crippen LogP) is 2.33. The van der Waals surface area contributed by atoms with Crippen molar-refractivity contribution in [2.45, 2.75) is 34.1 Å². The van der Waals surface area contributed by atoms with Gasteiger partial charge in [0.05, 0.1) is 13.2 Å². The molecule has 0 aliphatic carbocycles. The smallest absolute Gasteiger partial charge is 0.320 e. The Morgan fingerprint density at radius 2 is 1.53 bits per heavy atom. The Labute approximate surface area is 103 Å². The number of carbonyl (C=O) groups excluding carboxylic acids is 2. The minimum atomic E-state index is -0.846. The van der Waals surface area contributed by atoms with Gasteiger partial charge in [-0.05, 0) is 33.1 Å². The summed E-state index contributed by atoms with van der Waals surface area (Å²) in [5.41, 5.74) is 0.934. The van der Waals surface area contributed by atoms with E-state index < -0.39 is 17.9 Å². The monoisotopic (exact) mass is 242 g/mol. The number of hydrogen-bond acceptors (Lipinski definition) is 4. The van der Waals surface area contributed by atoms with Crippen molar-refractivity contribution in [3.8, 4) is 0 Å². The molecule has 0 N–H and O–H groups in total. The molecule has 0 aliphatic heterocycles. The summed E-state index contributed by atoms with van der Waals surface area (Å²) in [6, 6.07) is 0. The fourth-order valence-corrected chi connectivity index (χ4v) is 1.33. The van der Waals surface area contributed by atoms with Crippen LogP contribution in [0.25, 0.3) is 0 Å². The second-order valence-electron chi connectivity index (χ2n) is 4.04. The van der Waals surface area contributed by atoms with Gasteiger partial charge in [-0.2, -0.15) is 0 Å². The van der Waals surface area contributed by atoms with Gasteiger partial charge in [0.1, 0.15) is 0 Å². The Morgan fingerprint density at radius 1 is 1.12 bits per heavy atom. The van der Waals surface area contributed by atoms with Crippen LogP contribution < -0.4 is 0 Å². The second-order valence-corrected chi connectivity index (χ2v) is 4.04. The Bertz CT molecular complexity index is 265. The maximum Gasteiger partial charge on any atom is 0.320 e. The molecule has 0 amide bonds. The molecule has 0 aliphatic rings. The van der Waals surface area contributed by atoms with E-state index in [-0.39, 0.29) is 19.1 Å². The zero-order chi connectivity index (χ0) is 13.4. The van der Waals surface area contributed by atoms with Crippen LogP contribution in [0.1, 0.15) is 34.1 Å². The van der Waals surface area contributed by atoms with E-state index in [0.29, 0.717) is 6.42 Å². The molecule has 0 spiro atoms. The molecule has 0 saturated carbocycles. The van der Waals surface area contributed by atoms with Crippen molar-refractivity contribution in [1.82, 2.24) is 0 Å². The largest absolute Gasteiger partial charge is 0.465 e. The van der Waals surface area contributed by atoms with E-state index in [2.05, 4.69) is 6.58 Å². The first-order valence-electron chi connectivity index (χ1n) is 5.92. The summed E-state index contributed by atoms with van der Waals surface area (Å²) < 4.78 is 9.77. The van der Waals surface area contributed by atoms with Gasteiger partial charge in [0.15, 0.2) is 5.92 Å². The maximum absolute atomic E-state index is 11.7. The first-order valence-corrected chi connectivity index (χ1v) is 5.92. The van der Waals surface area contributed by atoms with E-state index in [1.54, 1.807) is 13.8 Å².